The van der Waals surface area contributed by atoms with Crippen LogP contribution in [0.5, 0.6) is 0 Å². The van der Waals surface area contributed by atoms with E-state index in [2.05, 4.69) is 0 Å². The molecule has 4 heteroatoms. The number of para-hydroxylation sites is 2. The maximum Gasteiger partial charge on any atom is 0.0888 e. The number of hydrogen-bond acceptors (Lipinski definition) is 2. The molecule has 0 fully saturated rings. The minimum Gasteiger partial charge on any atom is -0.309 e. The van der Waals surface area contributed by atoms with Crippen LogP contribution in [0.25, 0.3) is 27.5 Å². The van der Waals surface area contributed by atoms with Gasteiger partial charge in [0.15, 0.2) is 0 Å². The van der Waals surface area contributed by atoms with Gasteiger partial charge in [0.1, 0.15) is 0 Å². The fraction of sp³-hybridized carbons (Fsp3) is 0.276. The lowest BCUT2D eigenvalue weighted by Crippen LogP contribution is -2.17. The van der Waals surface area contributed by atoms with Crippen molar-refractivity contribution in [3.63, 3.8) is 0 Å². The van der Waals surface area contributed by atoms with Gasteiger partial charge in [0.25, 0.3) is 0 Å². The van der Waals surface area contributed by atoms with Crippen LogP contribution in [0.4, 0.5) is 34.1 Å². The van der Waals surface area contributed by atoms with Crippen molar-refractivity contribution in [1.82, 2.24) is 4.57 Å². The summed E-state index contributed by atoms with van der Waals surface area (Å²) < 4.78 is 229. The lowest BCUT2D eigenvalue weighted by Gasteiger charge is -2.33. The molecule has 0 saturated heterocycles. The van der Waals surface area contributed by atoms with Crippen LogP contribution in [0, 0.1) is 0 Å². The number of fused-ring (bicyclic) bond motifs is 3. The Hall–Kier alpha value is -5.77. The van der Waals surface area contributed by atoms with Gasteiger partial charge in [0, 0.05) is 33.5 Å². The van der Waals surface area contributed by atoms with E-state index < -0.39 is 233 Å². The number of benzene rings is 7. The van der Waals surface area contributed by atoms with Gasteiger partial charge in [-0.2, -0.15) is 0 Å². The van der Waals surface area contributed by atoms with Crippen molar-refractivity contribution in [2.45, 2.75) is 105 Å². The third kappa shape index (κ3) is 8.28. The van der Waals surface area contributed by atoms with E-state index in [4.69, 9.17) is 17.1 Å². The summed E-state index contributed by atoms with van der Waals surface area (Å²) in [5.41, 5.74) is -10.6. The maximum absolute atomic E-state index is 9.84. The molecule has 0 N–H and O–H groups in total. The third-order valence-electron chi connectivity index (χ3n) is 10.1. The highest BCUT2D eigenvalue weighted by Gasteiger charge is 2.27. The van der Waals surface area contributed by atoms with Crippen LogP contribution in [0.2, 0.25) is 5.02 Å². The zero-order chi connectivity index (χ0) is 65.2. The molecule has 0 bridgehead atoms. The molecule has 8 aromatic rings. The van der Waals surface area contributed by atoms with Gasteiger partial charge in [-0.05, 0) is 116 Å². The van der Waals surface area contributed by atoms with Gasteiger partial charge in [-0.1, -0.05) is 179 Å². The number of halogens is 1. The molecule has 0 amide bonds. The molecule has 62 heavy (non-hydrogen) atoms. The average Bonchev–Trinajstić information content (AvgIpc) is 1.38. The lowest BCUT2D eigenvalue weighted by molar-refractivity contribution is 0.590. The van der Waals surface area contributed by atoms with Gasteiger partial charge >= 0.3 is 0 Å². The first kappa shape index (κ1) is 22.5. The summed E-state index contributed by atoms with van der Waals surface area (Å²) in [6, 6.07) is -16.0. The number of hydrogen-bond donors (Lipinski definition) is 0. The summed E-state index contributed by atoms with van der Waals surface area (Å²) in [6.45, 7) is 19.6. The predicted molar refractivity (Wildman–Crippen MR) is 270 cm³/mol. The van der Waals surface area contributed by atoms with Crippen LogP contribution in [0.1, 0.15) is 138 Å². The fourth-order valence-corrected chi connectivity index (χ4v) is 6.87. The molecule has 7 aromatic carbocycles. The molecule has 0 saturated carbocycles. The van der Waals surface area contributed by atoms with Gasteiger partial charge in [0.05, 0.1) is 66.0 Å². The molecule has 0 unspecified atom stereocenters. The molecule has 316 valence electrons. The first-order valence-corrected chi connectivity index (χ1v) is 20.5. The normalized spacial score (nSPS) is 18.0. The van der Waals surface area contributed by atoms with E-state index in [1.807, 2.05) is 0 Å². The summed E-state index contributed by atoms with van der Waals surface area (Å²) in [6.07, 6.45) is 0. The number of anilines is 6. The van der Waals surface area contributed by atoms with Crippen molar-refractivity contribution in [2.24, 2.45) is 0 Å². The van der Waals surface area contributed by atoms with E-state index in [1.165, 1.54) is 0 Å². The SMILES string of the molecule is [2H]c1c([2H])c(C(C)(C)C)c([2H])c([2H])c1N(c1cc(-n2c3c([2H])c([2H])c([2H])c([2H])c3c3c([2H])c([2H])c([2H])c([2H])c32)cc(N(c2c([2H])c([2H])c(C(C)(C)C)c([2H])c2[2H])c2c([2H])c([2H])c(C(C)(C)C)c([2H])c2[2H])c1Cl)c1c([2H])c([2H])c(C(C)(C)C)c([2H])c1[2H]. The minimum atomic E-state index is -1.08. The molecule has 1 heterocycles. The van der Waals surface area contributed by atoms with E-state index in [1.54, 1.807) is 83.1 Å². The van der Waals surface area contributed by atoms with E-state index in [9.17, 15) is 27.4 Å². The second-order valence-electron chi connectivity index (χ2n) is 19.1. The Morgan fingerprint density at radius 3 is 0.903 bits per heavy atom. The van der Waals surface area contributed by atoms with Crippen molar-refractivity contribution in [3.8, 4) is 5.69 Å². The van der Waals surface area contributed by atoms with Gasteiger partial charge in [-0.15, -0.1) is 0 Å². The van der Waals surface area contributed by atoms with Crippen LogP contribution in [0.3, 0.4) is 0 Å². The number of aromatic nitrogens is 1. The molecular formula is C58H62ClN3. The third-order valence-corrected chi connectivity index (χ3v) is 10.5. The Bertz CT molecular complexity index is 3750. The topological polar surface area (TPSA) is 11.4 Å². The smallest absolute Gasteiger partial charge is 0.0888 e. The largest absolute Gasteiger partial charge is 0.309 e. The van der Waals surface area contributed by atoms with Gasteiger partial charge < -0.3 is 14.4 Å². The van der Waals surface area contributed by atoms with E-state index in [0.717, 1.165) is 26.5 Å². The van der Waals surface area contributed by atoms with Crippen molar-refractivity contribution < 1.29 is 32.9 Å². The molecule has 1 aromatic heterocycles. The van der Waals surface area contributed by atoms with Crippen molar-refractivity contribution >= 4 is 67.5 Å². The average molecular weight is 861 g/mol. The van der Waals surface area contributed by atoms with Crippen LogP contribution in [-0.2, 0) is 21.7 Å². The highest BCUT2D eigenvalue weighted by atomic mass is 35.5. The van der Waals surface area contributed by atoms with Crippen LogP contribution >= 0.6 is 11.6 Å². The summed E-state index contributed by atoms with van der Waals surface area (Å²) in [4.78, 5) is 1.59. The fourth-order valence-electron chi connectivity index (χ4n) is 6.59. The Kier molecular flexibility index (Phi) is 5.76. The summed E-state index contributed by atoms with van der Waals surface area (Å²) in [7, 11) is 0. The molecule has 0 atom stereocenters. The molecule has 8 rings (SSSR count). The molecule has 3 nitrogen and oxygen atoms in total. The van der Waals surface area contributed by atoms with Crippen LogP contribution in [0.15, 0.2) is 157 Å². The Morgan fingerprint density at radius 2 is 0.645 bits per heavy atom. The first-order valence-electron chi connectivity index (χ1n) is 32.1. The Morgan fingerprint density at radius 1 is 0.387 bits per heavy atom. The van der Waals surface area contributed by atoms with Gasteiger partial charge in [-0.3, -0.25) is 0 Å². The van der Waals surface area contributed by atoms with Gasteiger partial charge in [-0.25, -0.2) is 0 Å². The number of nitrogens with zero attached hydrogens (tertiary/aromatic N) is 3. The van der Waals surface area contributed by atoms with E-state index in [0.29, 0.717) is 0 Å². The van der Waals surface area contributed by atoms with E-state index in [-0.39, 0.29) is 22.3 Å². The zero-order valence-electron chi connectivity index (χ0n) is 60.9. The molecule has 0 spiro atoms. The van der Waals surface area contributed by atoms with Crippen LogP contribution in [-0.4, -0.2) is 4.57 Å². The van der Waals surface area contributed by atoms with E-state index >= 15 is 0 Å². The monoisotopic (exact) mass is 860 g/mol. The summed E-state index contributed by atoms with van der Waals surface area (Å²) >= 11 is 7.92. The standard InChI is InChI=1S/C58H62ClN3/c1-55(2,3)39-21-29-43(30-22-39)60(44-31-23-40(24-32-44)56(4,5)6)52-37-47(62-50-19-15-13-17-48(50)49-18-14-16-20-51(49)62)38-53(54(52)59)61(45-33-25-41(26-34-45)57(7,8)9)46-35-27-42(28-36-46)58(10,11)12/h13-38H,1-12H3/i13D,14D,15D,16D,17D,18D,19D,20D,21D,22D,23D,24D,25D,26D,27D,28D,29D,30D,31D,32D,33D,34D,35D,36D. The van der Waals surface area contributed by atoms with Crippen molar-refractivity contribution in [1.29, 1.82) is 0 Å². The highest BCUT2D eigenvalue weighted by molar-refractivity contribution is 6.37. The summed E-state index contributed by atoms with van der Waals surface area (Å²) in [5.74, 6) is 0. The Balaban J connectivity index is 1.81. The molecule has 0 radical (unpaired) electrons. The van der Waals surface area contributed by atoms with Crippen molar-refractivity contribution in [2.75, 3.05) is 9.80 Å². The zero-order valence-corrected chi connectivity index (χ0v) is 37.6. The van der Waals surface area contributed by atoms with Gasteiger partial charge in [0.2, 0.25) is 0 Å². The lowest BCUT2D eigenvalue weighted by atomic mass is 9.86. The molecule has 0 aliphatic rings. The second-order valence-corrected chi connectivity index (χ2v) is 19.5. The second kappa shape index (κ2) is 15.9. The quantitative estimate of drug-likeness (QED) is 0.158. The minimum absolute atomic E-state index is 0.0943. The first-order chi connectivity index (χ1) is 39.2. The summed E-state index contributed by atoms with van der Waals surface area (Å²) in [5, 5.41) is -1.62. The predicted octanol–water partition coefficient (Wildman–Crippen LogP) is 17.6. The maximum atomic E-state index is 9.84. The molecule has 0 aliphatic carbocycles. The molecule has 0 aliphatic heterocycles. The molecular weight excluding hydrogens is 774 g/mol. The number of rotatable bonds is 7. The van der Waals surface area contributed by atoms with Crippen molar-refractivity contribution in [3.05, 3.63) is 184 Å². The van der Waals surface area contributed by atoms with Crippen LogP contribution < -0.4 is 9.80 Å². The highest BCUT2D eigenvalue weighted by Crippen LogP contribution is 2.50. The Labute approximate surface area is 409 Å².